The molecule has 3 atom stereocenters. The first-order chi connectivity index (χ1) is 19.8. The van der Waals surface area contributed by atoms with E-state index < -0.39 is 23.3 Å². The molecule has 3 aliphatic heterocycles. The van der Waals surface area contributed by atoms with Crippen molar-refractivity contribution in [3.63, 3.8) is 0 Å². The van der Waals surface area contributed by atoms with Crippen molar-refractivity contribution >= 4 is 23.5 Å². The summed E-state index contributed by atoms with van der Waals surface area (Å²) >= 11 is 0. The van der Waals surface area contributed by atoms with E-state index in [1.165, 1.54) is 7.11 Å². The Morgan fingerprint density at radius 1 is 0.878 bits per heavy atom. The fourth-order valence-electron chi connectivity index (χ4n) is 6.68. The lowest BCUT2D eigenvalue weighted by atomic mass is 9.75. The molecule has 0 radical (unpaired) electrons. The molecule has 41 heavy (non-hydrogen) atoms. The number of hydrogen-bond acceptors (Lipinski definition) is 7. The summed E-state index contributed by atoms with van der Waals surface area (Å²) in [5, 5.41) is 2.48. The Morgan fingerprint density at radius 2 is 1.66 bits per heavy atom. The molecule has 212 valence electrons. The number of likely N-dealkylation sites (tertiary alicyclic amines) is 1. The average Bonchev–Trinajstić information content (AvgIpc) is 2.97. The minimum atomic E-state index is -1.59. The molecular formula is C31H32N4O6. The molecule has 10 heteroatoms. The number of methoxy groups -OCH3 is 2. The van der Waals surface area contributed by atoms with Crippen LogP contribution in [-0.4, -0.2) is 61.2 Å². The van der Waals surface area contributed by atoms with Crippen molar-refractivity contribution in [1.29, 1.82) is 0 Å². The van der Waals surface area contributed by atoms with Crippen LogP contribution in [0.2, 0.25) is 0 Å². The van der Waals surface area contributed by atoms with Gasteiger partial charge in [-0.15, -0.1) is 0 Å². The molecule has 3 aromatic rings. The lowest BCUT2D eigenvalue weighted by Gasteiger charge is -2.47. The molecule has 0 aliphatic carbocycles. The van der Waals surface area contributed by atoms with Gasteiger partial charge in [0.1, 0.15) is 5.41 Å². The number of ether oxygens (including phenoxy) is 2. The highest BCUT2D eigenvalue weighted by atomic mass is 16.5. The monoisotopic (exact) mass is 556 g/mol. The Kier molecular flexibility index (Phi) is 6.86. The van der Waals surface area contributed by atoms with E-state index in [0.29, 0.717) is 42.4 Å². The summed E-state index contributed by atoms with van der Waals surface area (Å²) in [5.74, 6) is 0.121. The van der Waals surface area contributed by atoms with Gasteiger partial charge in [-0.05, 0) is 54.7 Å². The number of anilines is 1. The highest BCUT2D eigenvalue weighted by Gasteiger charge is 2.56. The van der Waals surface area contributed by atoms with Gasteiger partial charge in [0, 0.05) is 43.9 Å². The topological polar surface area (TPSA) is 110 Å². The van der Waals surface area contributed by atoms with E-state index in [1.54, 1.807) is 67.8 Å². The predicted octanol–water partition coefficient (Wildman–Crippen LogP) is 2.80. The molecule has 2 fully saturated rings. The number of barbiturate groups is 1. The number of benzene rings is 2. The number of aromatic nitrogens is 1. The van der Waals surface area contributed by atoms with Gasteiger partial charge in [-0.2, -0.15) is 0 Å². The van der Waals surface area contributed by atoms with Crippen molar-refractivity contribution in [3.8, 4) is 11.5 Å². The fraction of sp³-hybridized carbons (Fsp3) is 0.355. The number of amides is 4. The van der Waals surface area contributed by atoms with E-state index >= 15 is 0 Å². The normalized spacial score (nSPS) is 24.0. The van der Waals surface area contributed by atoms with Crippen molar-refractivity contribution in [1.82, 2.24) is 14.8 Å². The smallest absolute Gasteiger partial charge is 0.335 e. The first-order valence-electron chi connectivity index (χ1n) is 13.7. The maximum atomic E-state index is 14.4. The number of nitrogens with zero attached hydrogens (tertiary/aromatic N) is 3. The van der Waals surface area contributed by atoms with Crippen LogP contribution in [0.5, 0.6) is 11.5 Å². The van der Waals surface area contributed by atoms with Crippen LogP contribution in [-0.2, 0) is 22.6 Å². The summed E-state index contributed by atoms with van der Waals surface area (Å²) in [6.45, 7) is 1.93. The lowest BCUT2D eigenvalue weighted by Crippen LogP contribution is -2.68. The number of nitrogens with one attached hydrogen (secondary N) is 1. The Bertz CT molecular complexity index is 1570. The number of carbonyl (C=O) groups excluding carboxylic acids is 3. The number of fused-ring (bicyclic) bond motifs is 4. The van der Waals surface area contributed by atoms with Gasteiger partial charge in [0.2, 0.25) is 5.91 Å². The Labute approximate surface area is 237 Å². The molecule has 6 rings (SSSR count). The molecule has 4 heterocycles. The van der Waals surface area contributed by atoms with Crippen LogP contribution in [0.25, 0.3) is 0 Å². The second kappa shape index (κ2) is 10.5. The SMILES string of the molecule is COc1ccc(C[C@]2(CN3C[C@H]4C[C@@H](C3)c3cccc(=O)n3C4)C(=O)NC(=O)N(c3ccccc3)C2=O)cc1OC. The van der Waals surface area contributed by atoms with Crippen molar-refractivity contribution < 1.29 is 23.9 Å². The third-order valence-electron chi connectivity index (χ3n) is 8.49. The van der Waals surface area contributed by atoms with Crippen molar-refractivity contribution in [2.24, 2.45) is 11.3 Å². The first kappa shape index (κ1) is 26.8. The summed E-state index contributed by atoms with van der Waals surface area (Å²) in [7, 11) is 3.07. The zero-order valence-corrected chi connectivity index (χ0v) is 23.0. The van der Waals surface area contributed by atoms with E-state index in [1.807, 2.05) is 10.6 Å². The van der Waals surface area contributed by atoms with Crippen LogP contribution in [0.3, 0.4) is 0 Å². The van der Waals surface area contributed by atoms with Crippen molar-refractivity contribution in [2.75, 3.05) is 38.8 Å². The molecule has 1 N–H and O–H groups in total. The molecule has 2 aromatic carbocycles. The van der Waals surface area contributed by atoms with Gasteiger partial charge < -0.3 is 18.9 Å². The van der Waals surface area contributed by atoms with Gasteiger partial charge in [-0.3, -0.25) is 19.7 Å². The van der Waals surface area contributed by atoms with Gasteiger partial charge in [0.15, 0.2) is 11.5 Å². The number of rotatable bonds is 7. The summed E-state index contributed by atoms with van der Waals surface area (Å²) in [6.07, 6.45) is 0.994. The average molecular weight is 557 g/mol. The number of pyridine rings is 1. The molecular weight excluding hydrogens is 524 g/mol. The fourth-order valence-corrected chi connectivity index (χ4v) is 6.68. The Morgan fingerprint density at radius 3 is 2.41 bits per heavy atom. The van der Waals surface area contributed by atoms with Crippen LogP contribution in [0, 0.1) is 11.3 Å². The zero-order valence-electron chi connectivity index (χ0n) is 23.0. The van der Waals surface area contributed by atoms with Gasteiger partial charge >= 0.3 is 6.03 Å². The molecule has 0 spiro atoms. The summed E-state index contributed by atoms with van der Waals surface area (Å²) in [4.78, 5) is 57.1. The molecule has 0 unspecified atom stereocenters. The van der Waals surface area contributed by atoms with E-state index in [2.05, 4.69) is 10.2 Å². The van der Waals surface area contributed by atoms with Crippen molar-refractivity contribution in [2.45, 2.75) is 25.3 Å². The number of hydrogen-bond donors (Lipinski definition) is 1. The van der Waals surface area contributed by atoms with Crippen LogP contribution in [0.1, 0.15) is 23.6 Å². The molecule has 10 nitrogen and oxygen atoms in total. The van der Waals surface area contributed by atoms with E-state index in [9.17, 15) is 19.2 Å². The first-order valence-corrected chi connectivity index (χ1v) is 13.7. The standard InChI is InChI=1S/C31H32N4O6/c1-40-25-12-11-20(14-26(25)41-2)15-31(28(37)32-30(39)35(29(31)38)23-7-4-3-5-8-23)19-33-16-21-13-22(18-33)24-9-6-10-27(36)34(24)17-21/h3-12,14,21-22H,13,15-19H2,1-2H3,(H,32,37,39)/t21-,22+,31+/m1/s1. The quantitative estimate of drug-likeness (QED) is 0.446. The highest BCUT2D eigenvalue weighted by Crippen LogP contribution is 2.40. The van der Waals surface area contributed by atoms with Gasteiger partial charge in [0.05, 0.1) is 19.9 Å². The number of piperidine rings is 1. The highest BCUT2D eigenvalue weighted by molar-refractivity contribution is 6.30. The number of imide groups is 2. The van der Waals surface area contributed by atoms with Gasteiger partial charge in [0.25, 0.3) is 11.5 Å². The third kappa shape index (κ3) is 4.67. The molecule has 2 bridgehead atoms. The molecule has 4 amide bonds. The molecule has 2 saturated heterocycles. The second-order valence-electron chi connectivity index (χ2n) is 11.1. The third-order valence-corrected chi connectivity index (χ3v) is 8.49. The van der Waals surface area contributed by atoms with Crippen LogP contribution >= 0.6 is 0 Å². The lowest BCUT2D eigenvalue weighted by molar-refractivity contribution is -0.144. The Hall–Kier alpha value is -4.44. The zero-order chi connectivity index (χ0) is 28.7. The van der Waals surface area contributed by atoms with E-state index in [4.69, 9.17) is 9.47 Å². The molecule has 3 aliphatic rings. The van der Waals surface area contributed by atoms with E-state index in [-0.39, 0.29) is 30.4 Å². The van der Waals surface area contributed by atoms with Crippen LogP contribution < -0.4 is 25.2 Å². The van der Waals surface area contributed by atoms with Crippen molar-refractivity contribution in [3.05, 3.63) is 88.3 Å². The molecule has 1 aromatic heterocycles. The Balaban J connectivity index is 1.39. The summed E-state index contributed by atoms with van der Waals surface area (Å²) < 4.78 is 12.7. The largest absolute Gasteiger partial charge is 0.493 e. The maximum absolute atomic E-state index is 14.4. The summed E-state index contributed by atoms with van der Waals surface area (Å²) in [6, 6.07) is 18.5. The second-order valence-corrected chi connectivity index (χ2v) is 11.1. The summed E-state index contributed by atoms with van der Waals surface area (Å²) in [5.41, 5.74) is 0.471. The van der Waals surface area contributed by atoms with Crippen LogP contribution in [0.4, 0.5) is 10.5 Å². The number of carbonyl (C=O) groups is 3. The van der Waals surface area contributed by atoms with Crippen LogP contribution in [0.15, 0.2) is 71.5 Å². The molecule has 0 saturated carbocycles. The number of para-hydroxylation sites is 1. The number of urea groups is 1. The minimum absolute atomic E-state index is 0.00516. The van der Waals surface area contributed by atoms with Gasteiger partial charge in [-0.1, -0.05) is 30.3 Å². The maximum Gasteiger partial charge on any atom is 0.335 e. The van der Waals surface area contributed by atoms with E-state index in [0.717, 1.165) is 17.0 Å². The van der Waals surface area contributed by atoms with Gasteiger partial charge in [-0.25, -0.2) is 9.69 Å². The predicted molar refractivity (Wildman–Crippen MR) is 151 cm³/mol. The minimum Gasteiger partial charge on any atom is -0.493 e.